The molecule has 5 rings (SSSR count). The summed E-state index contributed by atoms with van der Waals surface area (Å²) in [5, 5.41) is 33.0. The molecule has 1 aromatic heterocycles. The average Bonchev–Trinajstić information content (AvgIpc) is 3.31. The lowest BCUT2D eigenvalue weighted by Crippen LogP contribution is -2.49. The summed E-state index contributed by atoms with van der Waals surface area (Å²) in [6, 6.07) is 8.80. The van der Waals surface area contributed by atoms with Crippen LogP contribution < -0.4 is 15.9 Å². The molecule has 5 N–H and O–H groups in total. The number of nitrogens with two attached hydrogens (primary N) is 1. The number of aromatic hydroxyl groups is 1. The van der Waals surface area contributed by atoms with Gasteiger partial charge in [0, 0.05) is 36.9 Å². The smallest absolute Gasteiger partial charge is 0.196 e. The van der Waals surface area contributed by atoms with E-state index in [1.807, 2.05) is 19.1 Å². The summed E-state index contributed by atoms with van der Waals surface area (Å²) in [7, 11) is 1.66. The molecule has 198 valence electrons. The fraction of sp³-hybridized carbons (Fsp3) is 0.483. The predicted octanol–water partition coefficient (Wildman–Crippen LogP) is 3.72. The summed E-state index contributed by atoms with van der Waals surface area (Å²) in [6.45, 7) is 2.43. The summed E-state index contributed by atoms with van der Waals surface area (Å²) in [6.07, 6.45) is 3.89. The fourth-order valence-electron chi connectivity index (χ4n) is 5.63. The zero-order valence-corrected chi connectivity index (χ0v) is 21.4. The summed E-state index contributed by atoms with van der Waals surface area (Å²) in [4.78, 5) is 12.9. The second-order valence-electron chi connectivity index (χ2n) is 10.7. The van der Waals surface area contributed by atoms with Gasteiger partial charge in [-0.2, -0.15) is 0 Å². The first kappa shape index (κ1) is 25.6. The highest BCUT2D eigenvalue weighted by Gasteiger charge is 2.42. The molecule has 1 aliphatic heterocycles. The zero-order chi connectivity index (χ0) is 26.4. The molecule has 8 nitrogen and oxygen atoms in total. The Bertz CT molecular complexity index is 1370. The quantitative estimate of drug-likeness (QED) is 0.354. The number of benzene rings is 2. The van der Waals surface area contributed by atoms with Crippen molar-refractivity contribution in [3.05, 3.63) is 63.0 Å². The summed E-state index contributed by atoms with van der Waals surface area (Å²) in [5.41, 5.74) is 6.94. The van der Waals surface area contributed by atoms with Crippen molar-refractivity contribution < 1.29 is 29.2 Å². The van der Waals surface area contributed by atoms with Crippen molar-refractivity contribution in [3.63, 3.8) is 0 Å². The molecule has 1 aliphatic carbocycles. The largest absolute Gasteiger partial charge is 0.507 e. The molecule has 2 atom stereocenters. The number of hydrogen-bond donors (Lipinski definition) is 4. The number of rotatable bonds is 7. The second-order valence-corrected chi connectivity index (χ2v) is 10.7. The highest BCUT2D eigenvalue weighted by Crippen LogP contribution is 2.45. The Morgan fingerprint density at radius 1 is 1.16 bits per heavy atom. The van der Waals surface area contributed by atoms with E-state index in [1.165, 1.54) is 6.07 Å². The Labute approximate surface area is 215 Å². The van der Waals surface area contributed by atoms with E-state index in [4.69, 9.17) is 19.6 Å². The molecule has 8 heteroatoms. The Balaban J connectivity index is 1.44. The van der Waals surface area contributed by atoms with Gasteiger partial charge in [-0.15, -0.1) is 0 Å². The summed E-state index contributed by atoms with van der Waals surface area (Å²) in [5.74, 6) is 0.344. The van der Waals surface area contributed by atoms with E-state index in [1.54, 1.807) is 13.2 Å². The Hall–Kier alpha value is -3.07. The van der Waals surface area contributed by atoms with Crippen molar-refractivity contribution in [1.29, 1.82) is 0 Å². The van der Waals surface area contributed by atoms with Crippen LogP contribution in [-0.4, -0.2) is 40.7 Å². The van der Waals surface area contributed by atoms with Crippen LogP contribution in [0.1, 0.15) is 61.5 Å². The fourth-order valence-corrected chi connectivity index (χ4v) is 5.63. The molecule has 3 aromatic rings. The number of fused-ring (bicyclic) bond motifs is 2. The molecule has 1 saturated carbocycles. The van der Waals surface area contributed by atoms with E-state index in [0.717, 1.165) is 29.7 Å². The van der Waals surface area contributed by atoms with Crippen molar-refractivity contribution in [1.82, 2.24) is 0 Å². The molecular formula is C29H35NO7. The Morgan fingerprint density at radius 2 is 1.92 bits per heavy atom. The van der Waals surface area contributed by atoms with E-state index in [-0.39, 0.29) is 28.9 Å². The minimum Gasteiger partial charge on any atom is -0.507 e. The van der Waals surface area contributed by atoms with E-state index >= 15 is 0 Å². The van der Waals surface area contributed by atoms with Crippen LogP contribution in [0, 0.1) is 0 Å². The van der Waals surface area contributed by atoms with Crippen LogP contribution in [0.5, 0.6) is 11.5 Å². The molecule has 37 heavy (non-hydrogen) atoms. The van der Waals surface area contributed by atoms with Gasteiger partial charge in [0.15, 0.2) is 5.43 Å². The Kier molecular flexibility index (Phi) is 6.68. The molecule has 1 fully saturated rings. The van der Waals surface area contributed by atoms with Gasteiger partial charge in [0.2, 0.25) is 0 Å². The molecule has 2 aromatic carbocycles. The maximum absolute atomic E-state index is 12.9. The van der Waals surface area contributed by atoms with Crippen molar-refractivity contribution in [2.24, 2.45) is 0 Å². The molecule has 0 bridgehead atoms. The number of methoxy groups -OCH3 is 1. The number of aryl methyl sites for hydroxylation is 1. The lowest BCUT2D eigenvalue weighted by molar-refractivity contribution is -0.0595. The zero-order valence-electron chi connectivity index (χ0n) is 21.4. The number of anilines is 1. The maximum Gasteiger partial charge on any atom is 0.196 e. The lowest BCUT2D eigenvalue weighted by atomic mass is 9.84. The van der Waals surface area contributed by atoms with E-state index in [0.29, 0.717) is 50.0 Å². The topological polar surface area (TPSA) is 135 Å². The minimum atomic E-state index is -1.17. The van der Waals surface area contributed by atoms with Crippen LogP contribution in [0.2, 0.25) is 0 Å². The van der Waals surface area contributed by atoms with Crippen LogP contribution in [-0.2, 0) is 29.6 Å². The van der Waals surface area contributed by atoms with Crippen molar-refractivity contribution >= 4 is 16.7 Å². The van der Waals surface area contributed by atoms with Crippen molar-refractivity contribution in [2.45, 2.75) is 75.6 Å². The van der Waals surface area contributed by atoms with E-state index in [9.17, 15) is 20.1 Å². The second kappa shape index (κ2) is 9.67. The van der Waals surface area contributed by atoms with Gasteiger partial charge in [-0.1, -0.05) is 12.1 Å². The molecule has 0 spiro atoms. The van der Waals surface area contributed by atoms with Crippen LogP contribution in [0.25, 0.3) is 11.0 Å². The normalized spacial score (nSPS) is 22.6. The third-order valence-electron chi connectivity index (χ3n) is 8.08. The van der Waals surface area contributed by atoms with Gasteiger partial charge in [0.25, 0.3) is 0 Å². The molecule has 2 unspecified atom stereocenters. The van der Waals surface area contributed by atoms with E-state index < -0.39 is 22.7 Å². The SMILES string of the molecule is COCCc1cc(CCC2(C)Oc3cc4oc(C5(O)CCCC5)cc(=O)c4c(O)c3CC2O)ccc1N. The van der Waals surface area contributed by atoms with Crippen LogP contribution in [0.4, 0.5) is 5.69 Å². The third kappa shape index (κ3) is 4.69. The van der Waals surface area contributed by atoms with Crippen LogP contribution >= 0.6 is 0 Å². The number of ether oxygens (including phenoxy) is 2. The first-order valence-corrected chi connectivity index (χ1v) is 12.9. The number of phenols is 1. The van der Waals surface area contributed by atoms with Crippen LogP contribution in [0.3, 0.4) is 0 Å². The number of aliphatic hydroxyl groups is 2. The van der Waals surface area contributed by atoms with Crippen molar-refractivity contribution in [3.8, 4) is 11.5 Å². The highest BCUT2D eigenvalue weighted by molar-refractivity contribution is 5.87. The maximum atomic E-state index is 12.9. The van der Waals surface area contributed by atoms with E-state index in [2.05, 4.69) is 6.07 Å². The Morgan fingerprint density at radius 3 is 2.65 bits per heavy atom. The molecule has 0 saturated heterocycles. The van der Waals surface area contributed by atoms with Gasteiger partial charge in [0.1, 0.15) is 39.4 Å². The first-order valence-electron chi connectivity index (χ1n) is 12.9. The summed E-state index contributed by atoms with van der Waals surface area (Å²) < 4.78 is 17.5. The van der Waals surface area contributed by atoms with Gasteiger partial charge in [-0.25, -0.2) is 0 Å². The minimum absolute atomic E-state index is 0.0361. The van der Waals surface area contributed by atoms with Gasteiger partial charge in [-0.05, 0) is 69.1 Å². The molecule has 0 amide bonds. The number of aliphatic hydroxyl groups excluding tert-OH is 1. The summed E-state index contributed by atoms with van der Waals surface area (Å²) >= 11 is 0. The number of hydrogen-bond acceptors (Lipinski definition) is 8. The first-order chi connectivity index (χ1) is 17.6. The van der Waals surface area contributed by atoms with Gasteiger partial charge >= 0.3 is 0 Å². The number of phenolic OH excluding ortho intramolecular Hbond substituents is 1. The molecular weight excluding hydrogens is 474 g/mol. The molecule has 2 aliphatic rings. The predicted molar refractivity (Wildman–Crippen MR) is 140 cm³/mol. The average molecular weight is 510 g/mol. The van der Waals surface area contributed by atoms with Crippen LogP contribution in [0.15, 0.2) is 39.5 Å². The van der Waals surface area contributed by atoms with Gasteiger partial charge < -0.3 is 34.9 Å². The highest BCUT2D eigenvalue weighted by atomic mass is 16.5. The van der Waals surface area contributed by atoms with Gasteiger partial charge in [-0.3, -0.25) is 4.79 Å². The van der Waals surface area contributed by atoms with Crippen molar-refractivity contribution in [2.75, 3.05) is 19.5 Å². The lowest BCUT2D eigenvalue weighted by Gasteiger charge is -2.40. The molecule has 2 heterocycles. The third-order valence-corrected chi connectivity index (χ3v) is 8.08. The monoisotopic (exact) mass is 509 g/mol. The standard InChI is InChI=1S/C29H35NO7/c1-28(11-7-17-5-6-20(30)18(13-17)8-12-35-2)24(32)14-19-22(37-28)16-23-26(27(19)33)21(31)15-25(36-23)29(34)9-3-4-10-29/h5-6,13,15-16,24,32-34H,3-4,7-12,14,30H2,1-2H3. The van der Waals surface area contributed by atoms with Gasteiger partial charge in [0.05, 0.1) is 12.7 Å². The molecule has 0 radical (unpaired) electrons. The number of nitrogen functional groups attached to an aromatic ring is 1.